The lowest BCUT2D eigenvalue weighted by Gasteiger charge is -2.07. The van der Waals surface area contributed by atoms with Gasteiger partial charge in [0.25, 0.3) is 5.91 Å². The number of aryl methyl sites for hydroxylation is 1. The lowest BCUT2D eigenvalue weighted by molar-refractivity contribution is 0.102. The van der Waals surface area contributed by atoms with Crippen molar-refractivity contribution in [3.63, 3.8) is 0 Å². The molecule has 0 unspecified atom stereocenters. The van der Waals surface area contributed by atoms with Crippen LogP contribution in [0.1, 0.15) is 27.7 Å². The number of halogens is 1. The average Bonchev–Trinajstić information content (AvgIpc) is 2.96. The Balaban J connectivity index is 1.96. The topological polar surface area (TPSA) is 38.3 Å². The van der Waals surface area contributed by atoms with E-state index in [4.69, 9.17) is 4.74 Å². The van der Waals surface area contributed by atoms with Crippen molar-refractivity contribution in [2.45, 2.75) is 20.0 Å². The lowest BCUT2D eigenvalue weighted by atomic mass is 10.1. The summed E-state index contributed by atoms with van der Waals surface area (Å²) in [6.45, 7) is 2.27. The summed E-state index contributed by atoms with van der Waals surface area (Å²) in [6.07, 6.45) is 0.946. The summed E-state index contributed by atoms with van der Waals surface area (Å²) >= 11 is 1.28. The second-order valence-electron chi connectivity index (χ2n) is 5.46. The Morgan fingerprint density at radius 2 is 1.96 bits per heavy atom. The number of nitrogens with one attached hydrogen (secondary N) is 1. The maximum Gasteiger partial charge on any atom is 0.266 e. The van der Waals surface area contributed by atoms with Gasteiger partial charge in [-0.3, -0.25) is 4.79 Å². The molecule has 124 valence electrons. The number of anilines is 1. The van der Waals surface area contributed by atoms with Gasteiger partial charge in [0.2, 0.25) is 0 Å². The second kappa shape index (κ2) is 7.11. The van der Waals surface area contributed by atoms with E-state index in [1.807, 2.05) is 30.3 Å². The van der Waals surface area contributed by atoms with Gasteiger partial charge in [0.05, 0.1) is 11.5 Å². The van der Waals surface area contributed by atoms with E-state index in [2.05, 4.69) is 12.2 Å². The summed E-state index contributed by atoms with van der Waals surface area (Å²) < 4.78 is 20.1. The minimum atomic E-state index is -0.331. The zero-order valence-corrected chi connectivity index (χ0v) is 14.4. The summed E-state index contributed by atoms with van der Waals surface area (Å²) in [5.74, 6) is -0.575. The number of carbonyl (C=O) groups excluding carboxylic acids is 1. The number of benzene rings is 2. The second-order valence-corrected chi connectivity index (χ2v) is 6.51. The molecule has 3 nitrogen and oxygen atoms in total. The van der Waals surface area contributed by atoms with Crippen LogP contribution in [0.4, 0.5) is 10.1 Å². The first-order chi connectivity index (χ1) is 11.6. The summed E-state index contributed by atoms with van der Waals surface area (Å²) in [5.41, 5.74) is 2.52. The molecule has 5 heteroatoms. The van der Waals surface area contributed by atoms with Crippen LogP contribution < -0.4 is 5.32 Å². The van der Waals surface area contributed by atoms with Crippen molar-refractivity contribution in [1.29, 1.82) is 0 Å². The Morgan fingerprint density at radius 3 is 2.62 bits per heavy atom. The highest BCUT2D eigenvalue weighted by Crippen LogP contribution is 2.34. The van der Waals surface area contributed by atoms with Crippen LogP contribution in [0.25, 0.3) is 10.1 Å². The maximum atomic E-state index is 14.2. The van der Waals surface area contributed by atoms with Gasteiger partial charge in [-0.1, -0.05) is 25.1 Å². The van der Waals surface area contributed by atoms with Crippen molar-refractivity contribution in [3.05, 3.63) is 64.3 Å². The van der Waals surface area contributed by atoms with Crippen LogP contribution in [-0.4, -0.2) is 13.0 Å². The Morgan fingerprint density at radius 1 is 1.21 bits per heavy atom. The first kappa shape index (κ1) is 16.6. The molecule has 24 heavy (non-hydrogen) atoms. The predicted octanol–water partition coefficient (Wildman–Crippen LogP) is 5.00. The van der Waals surface area contributed by atoms with Crippen molar-refractivity contribution >= 4 is 33.0 Å². The molecule has 0 saturated heterocycles. The number of rotatable bonds is 5. The van der Waals surface area contributed by atoms with Crippen LogP contribution in [0.5, 0.6) is 0 Å². The third-order valence-corrected chi connectivity index (χ3v) is 5.07. The highest BCUT2D eigenvalue weighted by Gasteiger charge is 2.20. The molecule has 1 amide bonds. The third kappa shape index (κ3) is 3.18. The molecule has 0 saturated carbocycles. The van der Waals surface area contributed by atoms with Crippen molar-refractivity contribution in [3.8, 4) is 0 Å². The van der Waals surface area contributed by atoms with Gasteiger partial charge in [-0.05, 0) is 36.2 Å². The van der Waals surface area contributed by atoms with Gasteiger partial charge >= 0.3 is 0 Å². The quantitative estimate of drug-likeness (QED) is 0.708. The molecule has 0 aliphatic rings. The summed E-state index contributed by atoms with van der Waals surface area (Å²) in [5, 5.41) is 3.35. The Hall–Kier alpha value is -2.24. The number of fused-ring (bicyclic) bond motifs is 1. The molecule has 0 aliphatic heterocycles. The lowest BCUT2D eigenvalue weighted by Crippen LogP contribution is -2.12. The van der Waals surface area contributed by atoms with Crippen LogP contribution >= 0.6 is 11.3 Å². The van der Waals surface area contributed by atoms with Gasteiger partial charge < -0.3 is 10.1 Å². The highest BCUT2D eigenvalue weighted by atomic mass is 32.1. The Labute approximate surface area is 144 Å². The average molecular weight is 343 g/mol. The first-order valence-corrected chi connectivity index (χ1v) is 8.54. The minimum Gasteiger partial charge on any atom is -0.380 e. The smallest absolute Gasteiger partial charge is 0.266 e. The van der Waals surface area contributed by atoms with E-state index >= 15 is 0 Å². The molecule has 0 spiro atoms. The number of amides is 1. The van der Waals surface area contributed by atoms with Crippen molar-refractivity contribution in [1.82, 2.24) is 0 Å². The Bertz CT molecular complexity index is 871. The number of hydrogen-bond donors (Lipinski definition) is 1. The van der Waals surface area contributed by atoms with Crippen LogP contribution in [-0.2, 0) is 17.8 Å². The highest BCUT2D eigenvalue weighted by molar-refractivity contribution is 7.21. The molecule has 1 heterocycles. The molecule has 0 radical (unpaired) electrons. The van der Waals surface area contributed by atoms with Crippen LogP contribution in [0.3, 0.4) is 0 Å². The Kier molecular flexibility index (Phi) is 4.92. The van der Waals surface area contributed by atoms with Crippen LogP contribution in [0.2, 0.25) is 0 Å². The van der Waals surface area contributed by atoms with E-state index in [1.165, 1.54) is 30.1 Å². The van der Waals surface area contributed by atoms with Crippen molar-refractivity contribution < 1.29 is 13.9 Å². The summed E-state index contributed by atoms with van der Waals surface area (Å²) in [6, 6.07) is 12.6. The molecule has 1 N–H and O–H groups in total. The van der Waals surface area contributed by atoms with E-state index in [-0.39, 0.29) is 18.3 Å². The van der Waals surface area contributed by atoms with Crippen molar-refractivity contribution in [2.24, 2.45) is 0 Å². The van der Waals surface area contributed by atoms with Gasteiger partial charge in [0.1, 0.15) is 5.82 Å². The van der Waals surface area contributed by atoms with E-state index < -0.39 is 0 Å². The monoisotopic (exact) mass is 343 g/mol. The number of methoxy groups -OCH3 is 1. The zero-order valence-electron chi connectivity index (χ0n) is 13.6. The molecular weight excluding hydrogens is 325 g/mol. The van der Waals surface area contributed by atoms with Gasteiger partial charge in [0.15, 0.2) is 0 Å². The molecule has 0 fully saturated rings. The molecule has 0 bridgehead atoms. The predicted molar refractivity (Wildman–Crippen MR) is 96.3 cm³/mol. The normalized spacial score (nSPS) is 11.0. The van der Waals surface area contributed by atoms with Gasteiger partial charge in [-0.2, -0.15) is 0 Å². The van der Waals surface area contributed by atoms with Gasteiger partial charge in [0, 0.05) is 28.4 Å². The molecule has 3 rings (SSSR count). The molecule has 2 aromatic carbocycles. The van der Waals surface area contributed by atoms with Crippen LogP contribution in [0, 0.1) is 5.82 Å². The third-order valence-electron chi connectivity index (χ3n) is 3.88. The number of ether oxygens (including phenoxy) is 1. The fraction of sp³-hybridized carbons (Fsp3) is 0.211. The first-order valence-electron chi connectivity index (χ1n) is 7.73. The van der Waals surface area contributed by atoms with E-state index in [1.54, 1.807) is 6.07 Å². The van der Waals surface area contributed by atoms with Gasteiger partial charge in [-0.15, -0.1) is 11.3 Å². The molecular formula is C19H18FNO2S. The maximum absolute atomic E-state index is 14.2. The number of carbonyl (C=O) groups is 1. The molecule has 0 aliphatic carbocycles. The minimum absolute atomic E-state index is 0.193. The molecule has 3 aromatic rings. The van der Waals surface area contributed by atoms with Gasteiger partial charge in [-0.25, -0.2) is 4.39 Å². The van der Waals surface area contributed by atoms with E-state index in [9.17, 15) is 9.18 Å². The van der Waals surface area contributed by atoms with Crippen LogP contribution in [0.15, 0.2) is 42.5 Å². The number of thiophene rings is 1. The SMILES string of the molecule is CCc1ccc(NC(=O)c2sc3cccc(F)c3c2COC)cc1. The fourth-order valence-corrected chi connectivity index (χ4v) is 3.76. The molecule has 0 atom stereocenters. The summed E-state index contributed by atoms with van der Waals surface area (Å²) in [7, 11) is 1.54. The van der Waals surface area contributed by atoms with E-state index in [0.29, 0.717) is 15.8 Å². The largest absolute Gasteiger partial charge is 0.380 e. The van der Waals surface area contributed by atoms with E-state index in [0.717, 1.165) is 16.8 Å². The standard InChI is InChI=1S/C19H18FNO2S/c1-3-12-7-9-13(10-8-12)21-19(22)18-14(11-23-2)17-15(20)5-4-6-16(17)24-18/h4-10H,3,11H2,1-2H3,(H,21,22). The summed E-state index contributed by atoms with van der Waals surface area (Å²) in [4.78, 5) is 13.1. The number of hydrogen-bond acceptors (Lipinski definition) is 3. The molecule has 1 aromatic heterocycles. The fourth-order valence-electron chi connectivity index (χ4n) is 2.64. The van der Waals surface area contributed by atoms with Crippen molar-refractivity contribution in [2.75, 3.05) is 12.4 Å². The zero-order chi connectivity index (χ0) is 17.1.